The van der Waals surface area contributed by atoms with Gasteiger partial charge in [-0.25, -0.2) is 0 Å². The van der Waals surface area contributed by atoms with Gasteiger partial charge in [0.15, 0.2) is 0 Å². The van der Waals surface area contributed by atoms with E-state index in [9.17, 15) is 9.59 Å². The molecule has 3 rings (SSSR count). The maximum atomic E-state index is 13.2. The molecule has 0 fully saturated rings. The monoisotopic (exact) mass is 418 g/mol. The summed E-state index contributed by atoms with van der Waals surface area (Å²) in [4.78, 5) is 30.1. The van der Waals surface area contributed by atoms with Crippen molar-refractivity contribution in [3.8, 4) is 0 Å². The number of thiophene rings is 1. The number of halogens is 1. The molecule has 1 aliphatic rings. The Balaban J connectivity index is 1.87. The molecule has 0 radical (unpaired) electrons. The third-order valence-electron chi connectivity index (χ3n) is 4.77. The first kappa shape index (κ1) is 20.6. The van der Waals surface area contributed by atoms with Crippen LogP contribution in [0.4, 0.5) is 0 Å². The van der Waals surface area contributed by atoms with Gasteiger partial charge in [0, 0.05) is 30.1 Å². The van der Waals surface area contributed by atoms with Crippen molar-refractivity contribution in [1.29, 1.82) is 0 Å². The zero-order chi connectivity index (χ0) is 20.1. The maximum Gasteiger partial charge on any atom is 0.249 e. The molecule has 2 heterocycles. The molecule has 0 spiro atoms. The van der Waals surface area contributed by atoms with Crippen LogP contribution >= 0.6 is 22.9 Å². The first-order chi connectivity index (χ1) is 13.5. The second kappa shape index (κ2) is 9.37. The van der Waals surface area contributed by atoms with Crippen LogP contribution in [0.2, 0.25) is 5.02 Å². The number of carbonyl (C=O) groups is 2. The second-order valence-corrected chi connectivity index (χ2v) is 8.02. The molecule has 1 aromatic heterocycles. The Morgan fingerprint density at radius 1 is 1.36 bits per heavy atom. The van der Waals surface area contributed by atoms with Gasteiger partial charge in [0.05, 0.1) is 6.04 Å². The third kappa shape index (κ3) is 4.46. The minimum atomic E-state index is -0.230. The largest absolute Gasteiger partial charge is 0.375 e. The van der Waals surface area contributed by atoms with Crippen LogP contribution in [0.5, 0.6) is 0 Å². The molecule has 5 nitrogen and oxygen atoms in total. The summed E-state index contributed by atoms with van der Waals surface area (Å²) in [5.41, 5.74) is 2.15. The van der Waals surface area contributed by atoms with Crippen molar-refractivity contribution in [3.05, 3.63) is 69.4 Å². The van der Waals surface area contributed by atoms with E-state index in [0.717, 1.165) is 17.5 Å². The summed E-state index contributed by atoms with van der Waals surface area (Å²) in [5, 5.41) is 2.72. The molecule has 2 aromatic rings. The van der Waals surface area contributed by atoms with Crippen molar-refractivity contribution in [2.45, 2.75) is 12.5 Å². The number of amides is 2. The zero-order valence-electron chi connectivity index (χ0n) is 15.8. The number of carbonyl (C=O) groups excluding carboxylic acids is 2. The highest BCUT2D eigenvalue weighted by molar-refractivity contribution is 7.10. The SMILES string of the molecule is C=CCN(CC(=O)N1CCc2sccc2C1c1ccc(Cl)cc1)C(=O)COC. The number of fused-ring (bicyclic) bond motifs is 1. The molecule has 148 valence electrons. The van der Waals surface area contributed by atoms with Gasteiger partial charge in [-0.15, -0.1) is 17.9 Å². The van der Waals surface area contributed by atoms with E-state index in [4.69, 9.17) is 16.3 Å². The Hall–Kier alpha value is -2.15. The van der Waals surface area contributed by atoms with Gasteiger partial charge in [-0.2, -0.15) is 0 Å². The van der Waals surface area contributed by atoms with Crippen molar-refractivity contribution in [2.24, 2.45) is 0 Å². The van der Waals surface area contributed by atoms with Crippen molar-refractivity contribution in [3.63, 3.8) is 0 Å². The van der Waals surface area contributed by atoms with Crippen LogP contribution in [0.15, 0.2) is 48.4 Å². The summed E-state index contributed by atoms with van der Waals surface area (Å²) in [6, 6.07) is 9.49. The van der Waals surface area contributed by atoms with Gasteiger partial charge in [0.2, 0.25) is 11.8 Å². The molecule has 1 aromatic carbocycles. The molecule has 0 bridgehead atoms. The molecule has 1 aliphatic heterocycles. The van der Waals surface area contributed by atoms with E-state index in [2.05, 4.69) is 18.0 Å². The van der Waals surface area contributed by atoms with Crippen LogP contribution in [0.25, 0.3) is 0 Å². The lowest BCUT2D eigenvalue weighted by Gasteiger charge is -2.37. The quantitative estimate of drug-likeness (QED) is 0.646. The molecule has 0 aliphatic carbocycles. The molecule has 0 N–H and O–H groups in total. The highest BCUT2D eigenvalue weighted by Crippen LogP contribution is 2.38. The van der Waals surface area contributed by atoms with E-state index < -0.39 is 0 Å². The molecule has 1 atom stereocenters. The molecule has 0 saturated heterocycles. The standard InChI is InChI=1S/C21H23ClN2O3S/c1-3-10-23(20(26)14-27-2)13-19(25)24-11-8-18-17(9-12-28-18)21(24)15-4-6-16(22)7-5-15/h3-7,9,12,21H,1,8,10-11,13-14H2,2H3. The van der Waals surface area contributed by atoms with Crippen LogP contribution in [0.1, 0.15) is 22.0 Å². The van der Waals surface area contributed by atoms with Crippen molar-refractivity contribution in [1.82, 2.24) is 9.80 Å². The Kier molecular flexibility index (Phi) is 6.88. The van der Waals surface area contributed by atoms with Gasteiger partial charge >= 0.3 is 0 Å². The fourth-order valence-corrected chi connectivity index (χ4v) is 4.50. The van der Waals surface area contributed by atoms with E-state index in [0.29, 0.717) is 18.1 Å². The van der Waals surface area contributed by atoms with E-state index in [1.807, 2.05) is 29.2 Å². The van der Waals surface area contributed by atoms with Crippen LogP contribution < -0.4 is 0 Å². The summed E-state index contributed by atoms with van der Waals surface area (Å²) in [5.74, 6) is -0.324. The summed E-state index contributed by atoms with van der Waals surface area (Å²) in [6.45, 7) is 4.54. The van der Waals surface area contributed by atoms with E-state index in [-0.39, 0.29) is 31.0 Å². The molecule has 1 unspecified atom stereocenters. The lowest BCUT2D eigenvalue weighted by Crippen LogP contribution is -2.47. The molecular formula is C21H23ClN2O3S. The van der Waals surface area contributed by atoms with E-state index >= 15 is 0 Å². The summed E-state index contributed by atoms with van der Waals surface area (Å²) >= 11 is 7.77. The topological polar surface area (TPSA) is 49.9 Å². The minimum absolute atomic E-state index is 0.00221. The lowest BCUT2D eigenvalue weighted by atomic mass is 9.93. The summed E-state index contributed by atoms with van der Waals surface area (Å²) < 4.78 is 4.93. The Morgan fingerprint density at radius 3 is 2.79 bits per heavy atom. The Labute approximate surface area is 174 Å². The molecule has 28 heavy (non-hydrogen) atoms. The van der Waals surface area contributed by atoms with Crippen LogP contribution in [-0.4, -0.2) is 55.0 Å². The molecule has 2 amide bonds. The maximum absolute atomic E-state index is 13.2. The van der Waals surface area contributed by atoms with Crippen LogP contribution in [0.3, 0.4) is 0 Å². The number of methoxy groups -OCH3 is 1. The van der Waals surface area contributed by atoms with Gasteiger partial charge in [-0.3, -0.25) is 9.59 Å². The van der Waals surface area contributed by atoms with Gasteiger partial charge < -0.3 is 14.5 Å². The van der Waals surface area contributed by atoms with Crippen LogP contribution in [-0.2, 0) is 20.7 Å². The van der Waals surface area contributed by atoms with Gasteiger partial charge in [-0.05, 0) is 41.1 Å². The number of hydrogen-bond acceptors (Lipinski definition) is 4. The highest BCUT2D eigenvalue weighted by Gasteiger charge is 2.33. The number of hydrogen-bond donors (Lipinski definition) is 0. The molecular weight excluding hydrogens is 396 g/mol. The first-order valence-corrected chi connectivity index (χ1v) is 10.3. The fourth-order valence-electron chi connectivity index (χ4n) is 3.47. The first-order valence-electron chi connectivity index (χ1n) is 9.04. The predicted molar refractivity (Wildman–Crippen MR) is 112 cm³/mol. The lowest BCUT2D eigenvalue weighted by molar-refractivity contribution is -0.143. The third-order valence-corrected chi connectivity index (χ3v) is 6.02. The normalized spacial score (nSPS) is 15.8. The molecule has 7 heteroatoms. The second-order valence-electron chi connectivity index (χ2n) is 6.59. The van der Waals surface area contributed by atoms with Gasteiger partial charge in [0.1, 0.15) is 13.2 Å². The van der Waals surface area contributed by atoms with Crippen LogP contribution in [0, 0.1) is 0 Å². The van der Waals surface area contributed by atoms with Crippen molar-refractivity contribution < 1.29 is 14.3 Å². The highest BCUT2D eigenvalue weighted by atomic mass is 35.5. The predicted octanol–water partition coefficient (Wildman–Crippen LogP) is 3.54. The minimum Gasteiger partial charge on any atom is -0.375 e. The zero-order valence-corrected chi connectivity index (χ0v) is 17.3. The number of rotatable bonds is 7. The van der Waals surface area contributed by atoms with Crippen molar-refractivity contribution in [2.75, 3.05) is 33.4 Å². The van der Waals surface area contributed by atoms with Gasteiger partial charge in [-0.1, -0.05) is 29.8 Å². The average molecular weight is 419 g/mol. The Bertz CT molecular complexity index is 850. The number of ether oxygens (including phenoxy) is 1. The smallest absolute Gasteiger partial charge is 0.249 e. The Morgan fingerprint density at radius 2 is 2.11 bits per heavy atom. The molecule has 0 saturated carbocycles. The fraction of sp³-hybridized carbons (Fsp3) is 0.333. The average Bonchev–Trinajstić information content (AvgIpc) is 3.16. The number of nitrogens with zero attached hydrogens (tertiary/aromatic N) is 2. The summed E-state index contributed by atoms with van der Waals surface area (Å²) in [7, 11) is 1.46. The summed E-state index contributed by atoms with van der Waals surface area (Å²) in [6.07, 6.45) is 2.43. The van der Waals surface area contributed by atoms with E-state index in [1.54, 1.807) is 17.4 Å². The van der Waals surface area contributed by atoms with Crippen molar-refractivity contribution >= 4 is 34.8 Å². The van der Waals surface area contributed by atoms with Gasteiger partial charge in [0.25, 0.3) is 0 Å². The number of benzene rings is 1. The van der Waals surface area contributed by atoms with E-state index in [1.165, 1.54) is 16.9 Å².